The van der Waals surface area contributed by atoms with Crippen molar-refractivity contribution in [2.75, 3.05) is 6.73 Å². The van der Waals surface area contributed by atoms with E-state index in [4.69, 9.17) is 0 Å². The average molecular weight is 198 g/mol. The molecule has 0 aromatic carbocycles. The Morgan fingerprint density at radius 3 is 2.43 bits per heavy atom. The van der Waals surface area contributed by atoms with E-state index in [9.17, 15) is 14.4 Å². The highest BCUT2D eigenvalue weighted by Crippen LogP contribution is 2.07. The summed E-state index contributed by atoms with van der Waals surface area (Å²) in [7, 11) is 0. The van der Waals surface area contributed by atoms with Crippen molar-refractivity contribution in [3.63, 3.8) is 0 Å². The molecular formula is C8H10N2O4. The lowest BCUT2D eigenvalue weighted by molar-refractivity contribution is -0.145. The van der Waals surface area contributed by atoms with Gasteiger partial charge in [-0.2, -0.15) is 9.98 Å². The van der Waals surface area contributed by atoms with Crippen molar-refractivity contribution in [2.24, 2.45) is 15.9 Å². The van der Waals surface area contributed by atoms with Gasteiger partial charge >= 0.3 is 5.97 Å². The van der Waals surface area contributed by atoms with Gasteiger partial charge in [0.2, 0.25) is 12.2 Å². The Labute approximate surface area is 80.7 Å². The van der Waals surface area contributed by atoms with E-state index in [1.54, 1.807) is 13.8 Å². The Morgan fingerprint density at radius 1 is 1.36 bits per heavy atom. The third kappa shape index (κ3) is 4.30. The topological polar surface area (TPSA) is 85.2 Å². The number of isocyanates is 2. The Bertz CT molecular complexity index is 288. The van der Waals surface area contributed by atoms with E-state index in [0.29, 0.717) is 0 Å². The van der Waals surface area contributed by atoms with E-state index >= 15 is 0 Å². The van der Waals surface area contributed by atoms with Gasteiger partial charge in [-0.05, 0) is 5.92 Å². The second kappa shape index (κ2) is 6.71. The van der Waals surface area contributed by atoms with Gasteiger partial charge in [0.25, 0.3) is 0 Å². The Morgan fingerprint density at radius 2 is 2.00 bits per heavy atom. The van der Waals surface area contributed by atoms with E-state index in [2.05, 4.69) is 14.7 Å². The van der Waals surface area contributed by atoms with Gasteiger partial charge in [0.15, 0.2) is 12.8 Å². The molecule has 0 amide bonds. The molecule has 76 valence electrons. The third-order valence-electron chi connectivity index (χ3n) is 1.40. The molecule has 0 aromatic rings. The van der Waals surface area contributed by atoms with E-state index in [-0.39, 0.29) is 5.92 Å². The molecule has 14 heavy (non-hydrogen) atoms. The van der Waals surface area contributed by atoms with Crippen molar-refractivity contribution in [1.29, 1.82) is 0 Å². The molecule has 6 nitrogen and oxygen atoms in total. The smallest absolute Gasteiger partial charge is 0.333 e. The normalized spacial score (nSPS) is 11.1. The van der Waals surface area contributed by atoms with Crippen LogP contribution < -0.4 is 0 Å². The van der Waals surface area contributed by atoms with Crippen molar-refractivity contribution in [3.05, 3.63) is 0 Å². The lowest BCUT2D eigenvalue weighted by atomic mass is 10.1. The van der Waals surface area contributed by atoms with Crippen LogP contribution >= 0.6 is 0 Å². The van der Waals surface area contributed by atoms with Crippen LogP contribution in [0.1, 0.15) is 13.8 Å². The largest absolute Gasteiger partial charge is 0.440 e. The first kappa shape index (κ1) is 12.2. The Hall–Kier alpha value is -1.77. The predicted octanol–water partition coefficient (Wildman–Crippen LogP) is 0.183. The first-order valence-corrected chi connectivity index (χ1v) is 3.90. The number of nitrogens with zero attached hydrogens (tertiary/aromatic N) is 2. The summed E-state index contributed by atoms with van der Waals surface area (Å²) >= 11 is 0. The van der Waals surface area contributed by atoms with E-state index < -0.39 is 18.7 Å². The third-order valence-corrected chi connectivity index (χ3v) is 1.40. The zero-order valence-corrected chi connectivity index (χ0v) is 7.89. The molecule has 0 aliphatic carbocycles. The first-order valence-electron chi connectivity index (χ1n) is 3.90. The maximum atomic E-state index is 11.2. The molecule has 1 atom stereocenters. The minimum absolute atomic E-state index is 0.177. The number of rotatable bonds is 5. The fourth-order valence-corrected chi connectivity index (χ4v) is 0.738. The van der Waals surface area contributed by atoms with Gasteiger partial charge in [-0.1, -0.05) is 13.8 Å². The molecule has 0 N–H and O–H groups in total. The quantitative estimate of drug-likeness (QED) is 0.358. The van der Waals surface area contributed by atoms with Gasteiger partial charge in [-0.15, -0.1) is 0 Å². The van der Waals surface area contributed by atoms with E-state index in [0.717, 1.165) is 0 Å². The number of hydrogen-bond acceptors (Lipinski definition) is 6. The monoisotopic (exact) mass is 198 g/mol. The molecule has 1 unspecified atom stereocenters. The molecule has 0 spiro atoms. The summed E-state index contributed by atoms with van der Waals surface area (Å²) in [6.45, 7) is 3.01. The first-order chi connectivity index (χ1) is 6.63. The molecule has 0 aliphatic heterocycles. The fourth-order valence-electron chi connectivity index (χ4n) is 0.738. The second-order valence-electron chi connectivity index (χ2n) is 2.75. The summed E-state index contributed by atoms with van der Waals surface area (Å²) in [4.78, 5) is 37.1. The predicted molar refractivity (Wildman–Crippen MR) is 45.8 cm³/mol. The van der Waals surface area contributed by atoms with Crippen LogP contribution in [0.15, 0.2) is 9.98 Å². The SMILES string of the molecule is CC(C)C(N=C=O)C(=O)OCN=C=O. The number of carbonyl (C=O) groups is 1. The summed E-state index contributed by atoms with van der Waals surface area (Å²) in [5.41, 5.74) is 0. The van der Waals surface area contributed by atoms with Crippen LogP contribution in [0.25, 0.3) is 0 Å². The van der Waals surface area contributed by atoms with Crippen molar-refractivity contribution >= 4 is 18.1 Å². The van der Waals surface area contributed by atoms with Gasteiger partial charge in [0.05, 0.1) is 0 Å². The fraction of sp³-hybridized carbons (Fsp3) is 0.625. The van der Waals surface area contributed by atoms with E-state index in [1.807, 2.05) is 0 Å². The molecule has 0 heterocycles. The summed E-state index contributed by atoms with van der Waals surface area (Å²) < 4.78 is 4.52. The average Bonchev–Trinajstić information content (AvgIpc) is 2.13. The van der Waals surface area contributed by atoms with Crippen LogP contribution in [-0.4, -0.2) is 30.9 Å². The van der Waals surface area contributed by atoms with Gasteiger partial charge in [0, 0.05) is 0 Å². The molecule has 0 aromatic heterocycles. The molecule has 0 rings (SSSR count). The van der Waals surface area contributed by atoms with Crippen molar-refractivity contribution < 1.29 is 19.1 Å². The lowest BCUT2D eigenvalue weighted by Gasteiger charge is -2.11. The van der Waals surface area contributed by atoms with Crippen LogP contribution in [0.3, 0.4) is 0 Å². The number of hydrogen-bond donors (Lipinski definition) is 0. The maximum absolute atomic E-state index is 11.2. The summed E-state index contributed by atoms with van der Waals surface area (Å²) in [5, 5.41) is 0. The molecule has 0 bridgehead atoms. The van der Waals surface area contributed by atoms with Crippen LogP contribution in [0.4, 0.5) is 0 Å². The maximum Gasteiger partial charge on any atom is 0.333 e. The van der Waals surface area contributed by atoms with Gasteiger partial charge in [0.1, 0.15) is 0 Å². The van der Waals surface area contributed by atoms with E-state index in [1.165, 1.54) is 12.2 Å². The van der Waals surface area contributed by atoms with Crippen molar-refractivity contribution in [2.45, 2.75) is 19.9 Å². The highest BCUT2D eigenvalue weighted by Gasteiger charge is 2.22. The second-order valence-corrected chi connectivity index (χ2v) is 2.75. The van der Waals surface area contributed by atoms with Crippen molar-refractivity contribution in [3.8, 4) is 0 Å². The van der Waals surface area contributed by atoms with Gasteiger partial charge in [-0.25, -0.2) is 14.4 Å². The number of ether oxygens (including phenoxy) is 1. The molecule has 0 saturated carbocycles. The molecule has 6 heteroatoms. The van der Waals surface area contributed by atoms with Crippen LogP contribution in [0.5, 0.6) is 0 Å². The summed E-state index contributed by atoms with van der Waals surface area (Å²) in [5.74, 6) is -0.883. The summed E-state index contributed by atoms with van der Waals surface area (Å²) in [6, 6.07) is -0.894. The molecule has 0 aliphatic rings. The van der Waals surface area contributed by atoms with Crippen molar-refractivity contribution in [1.82, 2.24) is 0 Å². The standard InChI is InChI=1S/C8H10N2O4/c1-6(2)7(10-4-12)8(13)14-5-9-3-11/h6-7H,5H2,1-2H3. The highest BCUT2D eigenvalue weighted by molar-refractivity contribution is 5.77. The molecular weight excluding hydrogens is 188 g/mol. The molecule has 0 fully saturated rings. The van der Waals surface area contributed by atoms with Gasteiger partial charge < -0.3 is 4.74 Å². The highest BCUT2D eigenvalue weighted by atomic mass is 16.5. The zero-order valence-electron chi connectivity index (χ0n) is 7.89. The minimum atomic E-state index is -0.894. The minimum Gasteiger partial charge on any atom is -0.440 e. The van der Waals surface area contributed by atoms with Crippen LogP contribution in [0, 0.1) is 5.92 Å². The Kier molecular flexibility index (Phi) is 5.87. The lowest BCUT2D eigenvalue weighted by Crippen LogP contribution is -2.26. The van der Waals surface area contributed by atoms with Crippen LogP contribution in [0.2, 0.25) is 0 Å². The van der Waals surface area contributed by atoms with Gasteiger partial charge in [-0.3, -0.25) is 0 Å². The zero-order chi connectivity index (χ0) is 11.0. The molecule has 0 radical (unpaired) electrons. The molecule has 0 saturated heterocycles. The number of carbonyl (C=O) groups excluding carboxylic acids is 3. The van der Waals surface area contributed by atoms with Crippen LogP contribution in [-0.2, 0) is 19.1 Å². The Balaban J connectivity index is 4.29. The summed E-state index contributed by atoms with van der Waals surface area (Å²) in [6.07, 6.45) is 2.50. The number of esters is 1. The number of aliphatic imine (C=N–C) groups is 2.